The number of alkyl halides is 3. The molecule has 1 saturated carbocycles. The van der Waals surface area contributed by atoms with Crippen LogP contribution >= 0.6 is 0 Å². The van der Waals surface area contributed by atoms with Crippen molar-refractivity contribution in [3.8, 4) is 5.75 Å². The van der Waals surface area contributed by atoms with Crippen LogP contribution in [0, 0.1) is 5.92 Å². The van der Waals surface area contributed by atoms with Crippen LogP contribution < -0.4 is 15.8 Å². The number of hydrogen-bond acceptors (Lipinski definition) is 3. The molecule has 0 bridgehead atoms. The summed E-state index contributed by atoms with van der Waals surface area (Å²) in [5.41, 5.74) is 6.35. The highest BCUT2D eigenvalue weighted by atomic mass is 19.4. The molecule has 1 aromatic carbocycles. The Hall–Kier alpha value is -1.76. The molecular weight excluding hydrogens is 285 g/mol. The Morgan fingerprint density at radius 3 is 2.48 bits per heavy atom. The van der Waals surface area contributed by atoms with E-state index in [9.17, 15) is 18.0 Å². The molecule has 7 heteroatoms. The van der Waals surface area contributed by atoms with Crippen molar-refractivity contribution < 1.29 is 22.7 Å². The van der Waals surface area contributed by atoms with Gasteiger partial charge < -0.3 is 15.8 Å². The fraction of sp³-hybridized carbons (Fsp3) is 0.500. The minimum absolute atomic E-state index is 0.0972. The largest absolute Gasteiger partial charge is 0.484 e. The quantitative estimate of drug-likeness (QED) is 0.849. The Kier molecular flexibility index (Phi) is 4.72. The minimum Gasteiger partial charge on any atom is -0.484 e. The normalized spacial score (nSPS) is 16.4. The van der Waals surface area contributed by atoms with E-state index >= 15 is 0 Å². The van der Waals surface area contributed by atoms with Crippen molar-refractivity contribution in [3.05, 3.63) is 24.3 Å². The van der Waals surface area contributed by atoms with Crippen LogP contribution in [0.15, 0.2) is 24.3 Å². The van der Waals surface area contributed by atoms with Crippen LogP contribution in [0.4, 0.5) is 18.9 Å². The van der Waals surface area contributed by atoms with E-state index in [1.54, 1.807) is 0 Å². The van der Waals surface area contributed by atoms with Gasteiger partial charge in [-0.15, -0.1) is 0 Å². The Balaban J connectivity index is 1.79. The van der Waals surface area contributed by atoms with Gasteiger partial charge in [0.2, 0.25) is 5.91 Å². The molecule has 116 valence electrons. The fourth-order valence-corrected chi connectivity index (χ4v) is 1.92. The second-order valence-electron chi connectivity index (χ2n) is 5.18. The van der Waals surface area contributed by atoms with Gasteiger partial charge >= 0.3 is 6.18 Å². The van der Waals surface area contributed by atoms with Crippen LogP contribution in [0.25, 0.3) is 0 Å². The van der Waals surface area contributed by atoms with E-state index in [4.69, 9.17) is 5.73 Å². The molecule has 1 fully saturated rings. The number of nitrogens with two attached hydrogens (primary N) is 1. The molecule has 0 saturated heterocycles. The standard InChI is InChI=1S/C14H17F3N2O2/c15-14(16,17)8-21-11-5-3-10(4-6-11)19-13(20)7-12(18)9-1-2-9/h3-6,9,12H,1-2,7-8,18H2,(H,19,20). The number of hydrogen-bond donors (Lipinski definition) is 2. The summed E-state index contributed by atoms with van der Waals surface area (Å²) >= 11 is 0. The van der Waals surface area contributed by atoms with Gasteiger partial charge in [-0.3, -0.25) is 4.79 Å². The van der Waals surface area contributed by atoms with Crippen molar-refractivity contribution >= 4 is 11.6 Å². The summed E-state index contributed by atoms with van der Waals surface area (Å²) in [6.07, 6.45) is -1.98. The summed E-state index contributed by atoms with van der Waals surface area (Å²) in [6, 6.07) is 5.61. The van der Waals surface area contributed by atoms with Crippen molar-refractivity contribution in [2.75, 3.05) is 11.9 Å². The highest BCUT2D eigenvalue weighted by Crippen LogP contribution is 2.32. The van der Waals surface area contributed by atoms with Crippen molar-refractivity contribution in [1.82, 2.24) is 0 Å². The van der Waals surface area contributed by atoms with Crippen molar-refractivity contribution in [2.45, 2.75) is 31.5 Å². The highest BCUT2D eigenvalue weighted by Gasteiger charge is 2.30. The number of nitrogens with one attached hydrogen (secondary N) is 1. The molecule has 0 spiro atoms. The maximum atomic E-state index is 12.0. The SMILES string of the molecule is NC(CC(=O)Nc1ccc(OCC(F)(F)F)cc1)C1CC1. The van der Waals surface area contributed by atoms with Gasteiger partial charge in [-0.2, -0.15) is 13.2 Å². The zero-order valence-electron chi connectivity index (χ0n) is 11.3. The van der Waals surface area contributed by atoms with E-state index in [1.807, 2.05) is 0 Å². The van der Waals surface area contributed by atoms with E-state index in [0.717, 1.165) is 12.8 Å². The first-order valence-corrected chi connectivity index (χ1v) is 6.68. The van der Waals surface area contributed by atoms with Gasteiger partial charge in [-0.25, -0.2) is 0 Å². The molecule has 0 heterocycles. The van der Waals surface area contributed by atoms with Gasteiger partial charge in [-0.1, -0.05) is 0 Å². The third-order valence-electron chi connectivity index (χ3n) is 3.19. The van der Waals surface area contributed by atoms with Gasteiger partial charge in [0.1, 0.15) is 5.75 Å². The van der Waals surface area contributed by atoms with Gasteiger partial charge in [0.05, 0.1) is 0 Å². The van der Waals surface area contributed by atoms with Gasteiger partial charge in [0, 0.05) is 18.2 Å². The second kappa shape index (κ2) is 6.34. The predicted molar refractivity (Wildman–Crippen MR) is 71.9 cm³/mol. The smallest absolute Gasteiger partial charge is 0.422 e. The first kappa shape index (κ1) is 15.6. The number of rotatable bonds is 6. The van der Waals surface area contributed by atoms with Crippen LogP contribution in [0.5, 0.6) is 5.75 Å². The lowest BCUT2D eigenvalue weighted by atomic mass is 10.1. The average Bonchev–Trinajstić information content (AvgIpc) is 3.21. The molecule has 1 unspecified atom stereocenters. The topological polar surface area (TPSA) is 64.4 Å². The number of anilines is 1. The lowest BCUT2D eigenvalue weighted by Gasteiger charge is -2.12. The maximum Gasteiger partial charge on any atom is 0.422 e. The van der Waals surface area contributed by atoms with Gasteiger partial charge in [0.25, 0.3) is 0 Å². The molecule has 1 aromatic rings. The summed E-state index contributed by atoms with van der Waals surface area (Å²) in [5.74, 6) is 0.340. The minimum atomic E-state index is -4.37. The van der Waals surface area contributed by atoms with Crippen LogP contribution in [0.2, 0.25) is 0 Å². The number of amides is 1. The molecule has 0 radical (unpaired) electrons. The van der Waals surface area contributed by atoms with Crippen LogP contribution in [-0.2, 0) is 4.79 Å². The number of ether oxygens (including phenoxy) is 1. The second-order valence-corrected chi connectivity index (χ2v) is 5.18. The summed E-state index contributed by atoms with van der Waals surface area (Å²) in [4.78, 5) is 11.7. The summed E-state index contributed by atoms with van der Waals surface area (Å²) in [5, 5.41) is 2.66. The van der Waals surface area contributed by atoms with Crippen molar-refractivity contribution in [2.24, 2.45) is 11.7 Å². The van der Waals surface area contributed by atoms with E-state index in [2.05, 4.69) is 10.1 Å². The summed E-state index contributed by atoms with van der Waals surface area (Å²) < 4.78 is 40.5. The number of benzene rings is 1. The van der Waals surface area contributed by atoms with E-state index < -0.39 is 12.8 Å². The predicted octanol–water partition coefficient (Wildman–Crippen LogP) is 2.69. The van der Waals surface area contributed by atoms with Gasteiger partial charge in [0.15, 0.2) is 6.61 Å². The highest BCUT2D eigenvalue weighted by molar-refractivity contribution is 5.91. The first-order chi connectivity index (χ1) is 9.83. The van der Waals surface area contributed by atoms with E-state index in [-0.39, 0.29) is 24.1 Å². The molecule has 1 aliphatic carbocycles. The molecule has 1 amide bonds. The average molecular weight is 302 g/mol. The van der Waals surface area contributed by atoms with Crippen LogP contribution in [0.3, 0.4) is 0 Å². The Bertz CT molecular complexity index is 484. The summed E-state index contributed by atoms with van der Waals surface area (Å²) in [6.45, 7) is -1.34. The summed E-state index contributed by atoms with van der Waals surface area (Å²) in [7, 11) is 0. The Morgan fingerprint density at radius 2 is 1.95 bits per heavy atom. The lowest BCUT2D eigenvalue weighted by Crippen LogP contribution is -2.28. The van der Waals surface area contributed by atoms with Crippen LogP contribution in [-0.4, -0.2) is 24.7 Å². The molecule has 4 nitrogen and oxygen atoms in total. The molecular formula is C14H17F3N2O2. The Labute approximate surface area is 120 Å². The molecule has 0 aliphatic heterocycles. The molecule has 21 heavy (non-hydrogen) atoms. The molecule has 1 atom stereocenters. The number of carbonyl (C=O) groups is 1. The molecule has 0 aromatic heterocycles. The third kappa shape index (κ3) is 5.63. The Morgan fingerprint density at radius 1 is 1.33 bits per heavy atom. The maximum absolute atomic E-state index is 12.0. The zero-order valence-corrected chi connectivity index (χ0v) is 11.3. The van der Waals surface area contributed by atoms with Crippen molar-refractivity contribution in [1.29, 1.82) is 0 Å². The van der Waals surface area contributed by atoms with Gasteiger partial charge in [-0.05, 0) is 43.0 Å². The molecule has 1 aliphatic rings. The molecule has 3 N–H and O–H groups in total. The number of halogens is 3. The third-order valence-corrected chi connectivity index (χ3v) is 3.19. The first-order valence-electron chi connectivity index (χ1n) is 6.68. The van der Waals surface area contributed by atoms with E-state index in [1.165, 1.54) is 24.3 Å². The molecule has 2 rings (SSSR count). The van der Waals surface area contributed by atoms with E-state index in [0.29, 0.717) is 11.6 Å². The van der Waals surface area contributed by atoms with Crippen LogP contribution in [0.1, 0.15) is 19.3 Å². The van der Waals surface area contributed by atoms with Crippen molar-refractivity contribution in [3.63, 3.8) is 0 Å². The lowest BCUT2D eigenvalue weighted by molar-refractivity contribution is -0.153. The number of carbonyl (C=O) groups excluding carboxylic acids is 1. The fourth-order valence-electron chi connectivity index (χ4n) is 1.92. The monoisotopic (exact) mass is 302 g/mol. The zero-order chi connectivity index (χ0) is 15.5.